The molecule has 5 heteroatoms. The summed E-state index contributed by atoms with van der Waals surface area (Å²) < 4.78 is 21.7. The molecule has 0 amide bonds. The Balaban J connectivity index is 2.64. The van der Waals surface area contributed by atoms with Gasteiger partial charge in [-0.1, -0.05) is 45.4 Å². The molecule has 0 aliphatic rings. The van der Waals surface area contributed by atoms with Crippen LogP contribution >= 0.6 is 0 Å². The molecule has 0 bridgehead atoms. The first-order valence-corrected chi connectivity index (χ1v) is 9.89. The molecule has 0 aromatic heterocycles. The molecule has 0 N–H and O–H groups in total. The highest BCUT2D eigenvalue weighted by Crippen LogP contribution is 2.39. The number of hydrogen-bond donors (Lipinski definition) is 0. The van der Waals surface area contributed by atoms with Crippen LogP contribution < -0.4 is 14.2 Å². The zero-order chi connectivity index (χ0) is 19.9. The van der Waals surface area contributed by atoms with E-state index in [4.69, 9.17) is 18.9 Å². The molecule has 1 rings (SSSR count). The summed E-state index contributed by atoms with van der Waals surface area (Å²) in [6.07, 6.45) is 11.7. The average molecular weight is 379 g/mol. The van der Waals surface area contributed by atoms with Gasteiger partial charge in [-0.15, -0.1) is 0 Å². The van der Waals surface area contributed by atoms with Crippen LogP contribution in [-0.2, 0) is 9.53 Å². The predicted octanol–water partition coefficient (Wildman–Crippen LogP) is 5.41. The number of unbranched alkanes of at least 4 members (excludes halogenated alkanes) is 6. The van der Waals surface area contributed by atoms with E-state index in [0.717, 1.165) is 18.4 Å². The summed E-state index contributed by atoms with van der Waals surface area (Å²) in [5.41, 5.74) is 0.778. The van der Waals surface area contributed by atoms with Gasteiger partial charge in [-0.3, -0.25) is 0 Å². The molecule has 0 atom stereocenters. The highest BCUT2D eigenvalue weighted by Gasteiger charge is 2.13. The Morgan fingerprint density at radius 3 is 2.07 bits per heavy atom. The number of rotatable bonds is 14. The van der Waals surface area contributed by atoms with Gasteiger partial charge in [-0.25, -0.2) is 4.79 Å². The first kappa shape index (κ1) is 22.9. The van der Waals surface area contributed by atoms with Crippen molar-refractivity contribution in [3.05, 3.63) is 23.8 Å². The fourth-order valence-electron chi connectivity index (χ4n) is 2.73. The molecule has 1 aromatic rings. The smallest absolute Gasteiger partial charge is 0.330 e. The number of carbonyl (C=O) groups is 1. The molecular weight excluding hydrogens is 344 g/mol. The fraction of sp³-hybridized carbons (Fsp3) is 0.591. The Hall–Kier alpha value is -2.17. The van der Waals surface area contributed by atoms with Gasteiger partial charge in [-0.05, 0) is 37.1 Å². The second-order valence-electron chi connectivity index (χ2n) is 6.31. The number of ether oxygens (including phenoxy) is 4. The zero-order valence-corrected chi connectivity index (χ0v) is 17.2. The number of benzene rings is 1. The van der Waals surface area contributed by atoms with Gasteiger partial charge in [0.25, 0.3) is 0 Å². The Kier molecular flexibility index (Phi) is 11.8. The van der Waals surface area contributed by atoms with Crippen LogP contribution in [0.5, 0.6) is 17.2 Å². The lowest BCUT2D eigenvalue weighted by Gasteiger charge is -2.15. The average Bonchev–Trinajstić information content (AvgIpc) is 2.68. The molecule has 0 aliphatic carbocycles. The van der Waals surface area contributed by atoms with E-state index in [1.165, 1.54) is 38.2 Å². The molecule has 5 nitrogen and oxygen atoms in total. The highest BCUT2D eigenvalue weighted by atomic mass is 16.5. The van der Waals surface area contributed by atoms with Gasteiger partial charge in [0.05, 0.1) is 27.4 Å². The minimum Gasteiger partial charge on any atom is -0.493 e. The number of methoxy groups -OCH3 is 2. The van der Waals surface area contributed by atoms with Crippen molar-refractivity contribution in [2.75, 3.05) is 27.4 Å². The third-order valence-corrected chi connectivity index (χ3v) is 4.18. The second kappa shape index (κ2) is 14.0. The van der Waals surface area contributed by atoms with E-state index in [-0.39, 0.29) is 5.97 Å². The lowest BCUT2D eigenvalue weighted by atomic mass is 10.1. The van der Waals surface area contributed by atoms with Crippen LogP contribution in [0.4, 0.5) is 0 Å². The third kappa shape index (κ3) is 8.85. The van der Waals surface area contributed by atoms with Crippen molar-refractivity contribution in [3.63, 3.8) is 0 Å². The lowest BCUT2D eigenvalue weighted by Crippen LogP contribution is -2.02. The lowest BCUT2D eigenvalue weighted by molar-refractivity contribution is -0.137. The topological polar surface area (TPSA) is 54.0 Å². The molecule has 27 heavy (non-hydrogen) atoms. The Morgan fingerprint density at radius 2 is 1.52 bits per heavy atom. The van der Waals surface area contributed by atoms with Crippen molar-refractivity contribution >= 4 is 12.0 Å². The minimum atomic E-state index is -0.380. The van der Waals surface area contributed by atoms with Crippen molar-refractivity contribution in [2.45, 2.75) is 58.8 Å². The summed E-state index contributed by atoms with van der Waals surface area (Å²) in [4.78, 5) is 11.5. The largest absolute Gasteiger partial charge is 0.493 e. The SMILES string of the molecule is CCCCCCCCCOc1c(OC)cc(/C=C/C(=O)OCC)cc1OC. The number of esters is 1. The highest BCUT2D eigenvalue weighted by molar-refractivity contribution is 5.87. The van der Waals surface area contributed by atoms with Crippen LogP contribution in [0.25, 0.3) is 6.08 Å². The zero-order valence-electron chi connectivity index (χ0n) is 17.2. The molecule has 0 saturated carbocycles. The molecule has 0 fully saturated rings. The van der Waals surface area contributed by atoms with E-state index < -0.39 is 0 Å². The maximum atomic E-state index is 11.5. The van der Waals surface area contributed by atoms with Crippen molar-refractivity contribution < 1.29 is 23.7 Å². The summed E-state index contributed by atoms with van der Waals surface area (Å²) in [7, 11) is 3.18. The van der Waals surface area contributed by atoms with Crippen LogP contribution in [0.3, 0.4) is 0 Å². The first-order valence-electron chi connectivity index (χ1n) is 9.89. The third-order valence-electron chi connectivity index (χ3n) is 4.18. The van der Waals surface area contributed by atoms with Crippen molar-refractivity contribution in [2.24, 2.45) is 0 Å². The van der Waals surface area contributed by atoms with Crippen molar-refractivity contribution in [1.82, 2.24) is 0 Å². The summed E-state index contributed by atoms with van der Waals surface area (Å²) in [6, 6.07) is 3.64. The maximum absolute atomic E-state index is 11.5. The number of carbonyl (C=O) groups excluding carboxylic acids is 1. The van der Waals surface area contributed by atoms with E-state index in [0.29, 0.717) is 30.5 Å². The monoisotopic (exact) mass is 378 g/mol. The normalized spacial score (nSPS) is 10.8. The predicted molar refractivity (Wildman–Crippen MR) is 109 cm³/mol. The molecule has 0 unspecified atom stereocenters. The Labute approximate surface area is 163 Å². The van der Waals surface area contributed by atoms with Gasteiger partial charge in [0.15, 0.2) is 11.5 Å². The summed E-state index contributed by atoms with van der Waals surface area (Å²) >= 11 is 0. The Morgan fingerprint density at radius 1 is 0.926 bits per heavy atom. The molecule has 0 spiro atoms. The molecule has 0 saturated heterocycles. The van der Waals surface area contributed by atoms with Crippen molar-refractivity contribution in [1.29, 1.82) is 0 Å². The summed E-state index contributed by atoms with van der Waals surface area (Å²) in [5, 5.41) is 0. The minimum absolute atomic E-state index is 0.348. The van der Waals surface area contributed by atoms with Gasteiger partial charge in [0.2, 0.25) is 5.75 Å². The van der Waals surface area contributed by atoms with Crippen LogP contribution in [0.2, 0.25) is 0 Å². The standard InChI is InChI=1S/C22H34O5/c1-5-7-8-9-10-11-12-15-27-22-19(24-3)16-18(17-20(22)25-4)13-14-21(23)26-6-2/h13-14,16-17H,5-12,15H2,1-4H3/b14-13+. The molecule has 1 aromatic carbocycles. The van der Waals surface area contributed by atoms with Crippen LogP contribution in [0.15, 0.2) is 18.2 Å². The quantitative estimate of drug-likeness (QED) is 0.246. The molecule has 0 radical (unpaired) electrons. The van der Waals surface area contributed by atoms with Gasteiger partial charge >= 0.3 is 5.97 Å². The summed E-state index contributed by atoms with van der Waals surface area (Å²) in [6.45, 7) is 4.97. The van der Waals surface area contributed by atoms with Crippen LogP contribution in [0, 0.1) is 0 Å². The summed E-state index contributed by atoms with van der Waals surface area (Å²) in [5.74, 6) is 1.38. The Bertz CT molecular complexity index is 555. The molecule has 0 aliphatic heterocycles. The van der Waals surface area contributed by atoms with Gasteiger partial charge in [-0.2, -0.15) is 0 Å². The first-order chi connectivity index (χ1) is 13.2. The number of hydrogen-bond acceptors (Lipinski definition) is 5. The van der Waals surface area contributed by atoms with E-state index in [9.17, 15) is 4.79 Å². The van der Waals surface area contributed by atoms with Crippen LogP contribution in [-0.4, -0.2) is 33.4 Å². The molecule has 0 heterocycles. The molecular formula is C22H34O5. The van der Waals surface area contributed by atoms with Crippen molar-refractivity contribution in [3.8, 4) is 17.2 Å². The van der Waals surface area contributed by atoms with Gasteiger partial charge in [0, 0.05) is 6.08 Å². The second-order valence-corrected chi connectivity index (χ2v) is 6.31. The van der Waals surface area contributed by atoms with E-state index in [1.807, 2.05) is 12.1 Å². The van der Waals surface area contributed by atoms with Gasteiger partial charge in [0.1, 0.15) is 0 Å². The van der Waals surface area contributed by atoms with E-state index >= 15 is 0 Å². The van der Waals surface area contributed by atoms with E-state index in [1.54, 1.807) is 27.2 Å². The van der Waals surface area contributed by atoms with E-state index in [2.05, 4.69) is 6.92 Å². The maximum Gasteiger partial charge on any atom is 0.330 e. The fourth-order valence-corrected chi connectivity index (χ4v) is 2.73. The van der Waals surface area contributed by atoms with Crippen LogP contribution in [0.1, 0.15) is 64.4 Å². The molecule has 152 valence electrons. The van der Waals surface area contributed by atoms with Gasteiger partial charge < -0.3 is 18.9 Å².